The van der Waals surface area contributed by atoms with E-state index < -0.39 is 20.7 Å². The van der Waals surface area contributed by atoms with Gasteiger partial charge in [0.15, 0.2) is 11.5 Å². The highest BCUT2D eigenvalue weighted by Crippen LogP contribution is 2.63. The minimum absolute atomic E-state index is 0.320. The number of nitro groups is 2. The maximum absolute atomic E-state index is 11.4. The Bertz CT molecular complexity index is 927. The lowest BCUT2D eigenvalue weighted by Gasteiger charge is -2.50. The number of phenolic OH excluding ortho intramolecular Hbond substituents is 2. The minimum atomic E-state index is -0.583. The van der Waals surface area contributed by atoms with Crippen LogP contribution < -0.4 is 0 Å². The van der Waals surface area contributed by atoms with Crippen molar-refractivity contribution in [1.82, 2.24) is 0 Å². The molecule has 0 bridgehead atoms. The number of benzene rings is 2. The molecule has 152 valence electrons. The lowest BCUT2D eigenvalue weighted by molar-refractivity contribution is -0.386. The quantitative estimate of drug-likeness (QED) is 0.560. The van der Waals surface area contributed by atoms with Crippen LogP contribution in [0.4, 0.5) is 11.4 Å². The van der Waals surface area contributed by atoms with Crippen LogP contribution in [0.3, 0.4) is 0 Å². The second kappa shape index (κ2) is 6.72. The van der Waals surface area contributed by atoms with Gasteiger partial charge in [-0.15, -0.1) is 0 Å². The molecule has 2 aromatic carbocycles. The number of nitro benzene ring substituents is 2. The predicted molar refractivity (Wildman–Crippen MR) is 105 cm³/mol. The third kappa shape index (κ3) is 2.73. The summed E-state index contributed by atoms with van der Waals surface area (Å²) in [5, 5.41) is 42.6. The number of aromatic hydroxyl groups is 2. The topological polar surface area (TPSA) is 127 Å². The summed E-state index contributed by atoms with van der Waals surface area (Å²) in [7, 11) is 0. The molecule has 0 radical (unpaired) electrons. The Kier molecular flexibility index (Phi) is 4.44. The average molecular weight is 398 g/mol. The second-order valence-electron chi connectivity index (χ2n) is 8.15. The number of rotatable bonds is 4. The van der Waals surface area contributed by atoms with E-state index in [4.69, 9.17) is 0 Å². The van der Waals surface area contributed by atoms with Crippen LogP contribution in [-0.4, -0.2) is 20.1 Å². The zero-order valence-corrected chi connectivity index (χ0v) is 15.8. The molecule has 2 unspecified atom stereocenters. The molecule has 2 aliphatic carbocycles. The van der Waals surface area contributed by atoms with E-state index in [0.717, 1.165) is 56.1 Å². The van der Waals surface area contributed by atoms with Crippen molar-refractivity contribution in [2.45, 2.75) is 55.8 Å². The summed E-state index contributed by atoms with van der Waals surface area (Å²) in [4.78, 5) is 21.6. The Morgan fingerprint density at radius 1 is 0.690 bits per heavy atom. The van der Waals surface area contributed by atoms with E-state index in [1.165, 1.54) is 24.3 Å². The normalized spacial score (nSPS) is 26.1. The van der Waals surface area contributed by atoms with Crippen molar-refractivity contribution in [1.29, 1.82) is 0 Å². The van der Waals surface area contributed by atoms with Crippen LogP contribution in [0.15, 0.2) is 36.4 Å². The molecule has 2 saturated carbocycles. The highest BCUT2D eigenvalue weighted by molar-refractivity contribution is 5.55. The smallest absolute Gasteiger partial charge is 0.310 e. The van der Waals surface area contributed by atoms with E-state index in [1.54, 1.807) is 12.1 Å². The summed E-state index contributed by atoms with van der Waals surface area (Å²) in [5.41, 5.74) is 0.174. The summed E-state index contributed by atoms with van der Waals surface area (Å²) in [5.74, 6) is -0.732. The lowest BCUT2D eigenvalue weighted by atomic mass is 9.52. The average Bonchev–Trinajstić information content (AvgIpc) is 3.09. The maximum Gasteiger partial charge on any atom is 0.310 e. The molecular formula is C21H22N2O6. The van der Waals surface area contributed by atoms with Gasteiger partial charge in [0.1, 0.15) is 0 Å². The summed E-state index contributed by atoms with van der Waals surface area (Å²) < 4.78 is 0. The molecule has 0 saturated heterocycles. The van der Waals surface area contributed by atoms with Gasteiger partial charge in [0.05, 0.1) is 9.85 Å². The Balaban J connectivity index is 1.92. The predicted octanol–water partition coefficient (Wildman–Crippen LogP) is 4.85. The Labute approximate surface area is 167 Å². The Morgan fingerprint density at radius 3 is 1.45 bits per heavy atom. The molecular weight excluding hydrogens is 376 g/mol. The van der Waals surface area contributed by atoms with Crippen LogP contribution in [0.5, 0.6) is 11.5 Å². The van der Waals surface area contributed by atoms with Gasteiger partial charge in [-0.1, -0.05) is 31.4 Å². The fraction of sp³-hybridized carbons (Fsp3) is 0.429. The van der Waals surface area contributed by atoms with Crippen molar-refractivity contribution >= 4 is 11.4 Å². The van der Waals surface area contributed by atoms with Crippen molar-refractivity contribution in [2.24, 2.45) is 0 Å². The zero-order valence-electron chi connectivity index (χ0n) is 15.8. The van der Waals surface area contributed by atoms with E-state index in [9.17, 15) is 30.4 Å². The van der Waals surface area contributed by atoms with E-state index >= 15 is 0 Å². The molecule has 0 amide bonds. The van der Waals surface area contributed by atoms with E-state index in [2.05, 4.69) is 0 Å². The van der Waals surface area contributed by atoms with E-state index in [-0.39, 0.29) is 22.9 Å². The highest BCUT2D eigenvalue weighted by atomic mass is 16.6. The Morgan fingerprint density at radius 2 is 1.07 bits per heavy atom. The van der Waals surface area contributed by atoms with Gasteiger partial charge in [-0.2, -0.15) is 0 Å². The largest absolute Gasteiger partial charge is 0.502 e. The maximum atomic E-state index is 11.4. The zero-order chi connectivity index (χ0) is 20.8. The summed E-state index contributed by atoms with van der Waals surface area (Å²) >= 11 is 0. The molecule has 2 N–H and O–H groups in total. The van der Waals surface area contributed by atoms with Crippen molar-refractivity contribution in [3.63, 3.8) is 0 Å². The van der Waals surface area contributed by atoms with Crippen molar-refractivity contribution < 1.29 is 20.1 Å². The van der Waals surface area contributed by atoms with Crippen LogP contribution in [0.1, 0.15) is 56.1 Å². The molecule has 8 heteroatoms. The van der Waals surface area contributed by atoms with Gasteiger partial charge in [0, 0.05) is 23.0 Å². The van der Waals surface area contributed by atoms with E-state index in [1.807, 2.05) is 0 Å². The molecule has 29 heavy (non-hydrogen) atoms. The third-order valence-electron chi connectivity index (χ3n) is 7.03. The monoisotopic (exact) mass is 398 g/mol. The molecule has 2 fully saturated rings. The summed E-state index contributed by atoms with van der Waals surface area (Å²) in [6.45, 7) is 0. The van der Waals surface area contributed by atoms with Gasteiger partial charge >= 0.3 is 11.4 Å². The van der Waals surface area contributed by atoms with Crippen molar-refractivity contribution in [3.05, 3.63) is 67.8 Å². The van der Waals surface area contributed by atoms with Gasteiger partial charge < -0.3 is 10.2 Å². The first-order chi connectivity index (χ1) is 13.8. The first kappa shape index (κ1) is 19.2. The van der Waals surface area contributed by atoms with Crippen LogP contribution in [0.2, 0.25) is 0 Å². The van der Waals surface area contributed by atoms with Gasteiger partial charge in [-0.05, 0) is 48.9 Å². The summed E-state index contributed by atoms with van der Waals surface area (Å²) in [6.07, 6.45) is 6.14. The molecule has 2 atom stereocenters. The van der Waals surface area contributed by atoms with Gasteiger partial charge in [-0.25, -0.2) is 0 Å². The minimum Gasteiger partial charge on any atom is -0.502 e. The lowest BCUT2D eigenvalue weighted by Crippen LogP contribution is -2.47. The summed E-state index contributed by atoms with van der Waals surface area (Å²) in [6, 6.07) is 9.19. The molecule has 0 spiro atoms. The van der Waals surface area contributed by atoms with Gasteiger partial charge in [-0.3, -0.25) is 20.2 Å². The van der Waals surface area contributed by atoms with Crippen molar-refractivity contribution in [2.75, 3.05) is 0 Å². The van der Waals surface area contributed by atoms with Crippen LogP contribution in [0, 0.1) is 20.2 Å². The van der Waals surface area contributed by atoms with Gasteiger partial charge in [0.25, 0.3) is 0 Å². The first-order valence-electron chi connectivity index (χ1n) is 9.77. The van der Waals surface area contributed by atoms with Crippen LogP contribution in [-0.2, 0) is 10.8 Å². The number of nitrogens with zero attached hydrogens (tertiary/aromatic N) is 2. The van der Waals surface area contributed by atoms with Gasteiger partial charge in [0.2, 0.25) is 0 Å². The molecule has 4 rings (SSSR count). The third-order valence-corrected chi connectivity index (χ3v) is 7.03. The standard InChI is InChI=1S/C21H22N2O6/c24-18-6-4-14(12-16(18)22(26)27)20-8-1-2-9-21(20,11-3-10-20)15-5-7-19(25)17(13-15)23(28)29/h4-7,12-13,24-25H,1-3,8-11H2. The fourth-order valence-electron chi connectivity index (χ4n) is 5.82. The number of fused-ring (bicyclic) bond motifs is 1. The first-order valence-corrected chi connectivity index (χ1v) is 9.77. The second-order valence-corrected chi connectivity index (χ2v) is 8.15. The molecule has 0 aromatic heterocycles. The van der Waals surface area contributed by atoms with Crippen LogP contribution in [0.25, 0.3) is 0 Å². The molecule has 2 aromatic rings. The molecule has 0 aliphatic heterocycles. The number of hydrogen-bond acceptors (Lipinski definition) is 6. The molecule has 8 nitrogen and oxygen atoms in total. The number of phenols is 2. The van der Waals surface area contributed by atoms with Crippen LogP contribution >= 0.6 is 0 Å². The fourth-order valence-corrected chi connectivity index (χ4v) is 5.82. The van der Waals surface area contributed by atoms with Crippen molar-refractivity contribution in [3.8, 4) is 11.5 Å². The Hall–Kier alpha value is -3.16. The molecule has 0 heterocycles. The highest BCUT2D eigenvalue weighted by Gasteiger charge is 2.57. The number of hydrogen-bond donors (Lipinski definition) is 2. The SMILES string of the molecule is O=[N+]([O-])c1cc(C23CCCCC2(c2ccc(O)c([N+](=O)[O-])c2)CCC3)ccc1O. The van der Waals surface area contributed by atoms with E-state index in [0.29, 0.717) is 0 Å². The molecule has 2 aliphatic rings.